The zero-order valence-corrected chi connectivity index (χ0v) is 35.3. The Morgan fingerprint density at radius 1 is 0.620 bits per heavy atom. The van der Waals surface area contributed by atoms with E-state index in [2.05, 4.69) is 27.7 Å². The summed E-state index contributed by atoms with van der Waals surface area (Å²) < 4.78 is 69.2. The van der Waals surface area contributed by atoms with E-state index in [4.69, 9.17) is 58.3 Å². The van der Waals surface area contributed by atoms with E-state index in [0.717, 1.165) is 12.8 Å². The van der Waals surface area contributed by atoms with Crippen molar-refractivity contribution in [2.45, 2.75) is 117 Å². The maximum Gasteiger partial charge on any atom is 0.328 e. The van der Waals surface area contributed by atoms with Gasteiger partial charge in [0.1, 0.15) is 25.0 Å². The van der Waals surface area contributed by atoms with E-state index in [1.165, 1.54) is 0 Å². The Hall–Kier alpha value is 0.440. The number of methoxy groups -OCH3 is 4. The van der Waals surface area contributed by atoms with Crippen molar-refractivity contribution in [3.63, 3.8) is 0 Å². The van der Waals surface area contributed by atoms with E-state index in [9.17, 15) is 9.46 Å². The molecule has 0 bridgehead atoms. The molecular weight excluding hydrogens is 706 g/mol. The highest BCUT2D eigenvalue weighted by Crippen LogP contribution is 2.51. The van der Waals surface area contributed by atoms with Crippen molar-refractivity contribution >= 4 is 26.1 Å². The number of hydrogen-bond acceptors (Lipinski definition) is 13. The van der Waals surface area contributed by atoms with Gasteiger partial charge in [-0.1, -0.05) is 53.3 Å². The number of rotatable bonds is 16. The summed E-state index contributed by atoms with van der Waals surface area (Å²) in [6, 6.07) is 0. The van der Waals surface area contributed by atoms with Gasteiger partial charge in [-0.05, 0) is 50.4 Å². The lowest BCUT2D eigenvalue weighted by atomic mass is 9.99. The molecule has 296 valence electrons. The highest BCUT2D eigenvalue weighted by atomic mass is 32.5. The van der Waals surface area contributed by atoms with Crippen LogP contribution < -0.4 is 4.89 Å². The monoisotopic (exact) mass is 773 g/mol. The maximum atomic E-state index is 12.9. The van der Waals surface area contributed by atoms with Crippen LogP contribution in [-0.4, -0.2) is 110 Å². The third-order valence-corrected chi connectivity index (χ3v) is 14.7. The van der Waals surface area contributed by atoms with Crippen LogP contribution in [0.1, 0.15) is 68.2 Å². The second kappa shape index (κ2) is 19.9. The SMILES string of the molecule is COCC1OC(C)C(C)C1OP(C)(=O)OCC1CC(C)C(C)C1OC.COCC1OC(C)C(C)C1OP([O-])(=S)OCC1CC(C)C(C)C1OC. The van der Waals surface area contributed by atoms with Gasteiger partial charge in [0.15, 0.2) is 0 Å². The molecule has 2 heterocycles. The molecule has 4 aliphatic rings. The van der Waals surface area contributed by atoms with Crippen LogP contribution in [0.4, 0.5) is 0 Å². The van der Waals surface area contributed by atoms with Crippen LogP contribution in [0.3, 0.4) is 0 Å². The van der Waals surface area contributed by atoms with Gasteiger partial charge in [0.2, 0.25) is 0 Å². The van der Waals surface area contributed by atoms with Gasteiger partial charge in [0.25, 0.3) is 0 Å². The number of ether oxygens (including phenoxy) is 6. The molecular formula is C35H67O12P2S-. The summed E-state index contributed by atoms with van der Waals surface area (Å²) in [4.78, 5) is 12.7. The van der Waals surface area contributed by atoms with Gasteiger partial charge in [-0.15, -0.1) is 0 Å². The van der Waals surface area contributed by atoms with Crippen LogP contribution in [0.2, 0.25) is 0 Å². The van der Waals surface area contributed by atoms with Gasteiger partial charge in [-0.2, -0.15) is 0 Å². The number of hydrogen-bond donors (Lipinski definition) is 0. The molecule has 2 aliphatic heterocycles. The minimum absolute atomic E-state index is 0.00504. The molecule has 0 aromatic carbocycles. The molecule has 4 fully saturated rings. The molecule has 2 saturated carbocycles. The minimum Gasteiger partial charge on any atom is -0.780 e. The van der Waals surface area contributed by atoms with Gasteiger partial charge in [0, 0.05) is 58.8 Å². The lowest BCUT2D eigenvalue weighted by Gasteiger charge is -2.35. The first kappa shape index (κ1) is 44.8. The van der Waals surface area contributed by atoms with Crippen molar-refractivity contribution in [3.05, 3.63) is 0 Å². The molecule has 0 radical (unpaired) electrons. The van der Waals surface area contributed by atoms with Gasteiger partial charge < -0.3 is 51.4 Å². The van der Waals surface area contributed by atoms with Gasteiger partial charge in [0.05, 0.1) is 56.9 Å². The second-order valence-electron chi connectivity index (χ2n) is 15.4. The summed E-state index contributed by atoms with van der Waals surface area (Å²) in [5.74, 6) is 2.67. The first-order chi connectivity index (χ1) is 23.4. The third kappa shape index (κ3) is 11.7. The van der Waals surface area contributed by atoms with E-state index in [1.807, 2.05) is 27.7 Å². The zero-order chi connectivity index (χ0) is 37.6. The molecule has 15 heteroatoms. The van der Waals surface area contributed by atoms with E-state index in [1.54, 1.807) is 35.1 Å². The highest BCUT2D eigenvalue weighted by Gasteiger charge is 2.46. The lowest BCUT2D eigenvalue weighted by molar-refractivity contribution is -0.215. The van der Waals surface area contributed by atoms with E-state index in [-0.39, 0.29) is 66.4 Å². The van der Waals surface area contributed by atoms with Gasteiger partial charge in [-0.3, -0.25) is 4.57 Å². The molecule has 4 rings (SSSR count). The Morgan fingerprint density at radius 2 is 1.02 bits per heavy atom. The summed E-state index contributed by atoms with van der Waals surface area (Å²) in [7, 11) is 3.50. The molecule has 0 amide bonds. The predicted molar refractivity (Wildman–Crippen MR) is 195 cm³/mol. The van der Waals surface area contributed by atoms with Crippen molar-refractivity contribution in [3.8, 4) is 0 Å². The molecule has 50 heavy (non-hydrogen) atoms. The third-order valence-electron chi connectivity index (χ3n) is 11.9. The minimum atomic E-state index is -3.60. The van der Waals surface area contributed by atoms with Crippen LogP contribution in [-0.2, 0) is 62.9 Å². The average molecular weight is 774 g/mol. The van der Waals surface area contributed by atoms with Crippen molar-refractivity contribution in [2.75, 3.05) is 61.5 Å². The first-order valence-electron chi connectivity index (χ1n) is 18.3. The molecule has 18 unspecified atom stereocenters. The fourth-order valence-corrected chi connectivity index (χ4v) is 11.1. The highest BCUT2D eigenvalue weighted by molar-refractivity contribution is 8.06. The van der Waals surface area contributed by atoms with E-state index < -0.39 is 20.4 Å². The van der Waals surface area contributed by atoms with Crippen molar-refractivity contribution in [1.82, 2.24) is 0 Å². The summed E-state index contributed by atoms with van der Waals surface area (Å²) in [6.45, 7) is 16.3. The fraction of sp³-hybridized carbons (Fsp3) is 1.00. The Bertz CT molecular complexity index is 1040. The van der Waals surface area contributed by atoms with E-state index in [0.29, 0.717) is 50.1 Å². The fourth-order valence-electron chi connectivity index (χ4n) is 8.24. The molecule has 0 aromatic rings. The van der Waals surface area contributed by atoms with Gasteiger partial charge >= 0.3 is 7.60 Å². The van der Waals surface area contributed by atoms with Crippen molar-refractivity contribution < 1.29 is 56.0 Å². The van der Waals surface area contributed by atoms with Gasteiger partial charge in [-0.25, -0.2) is 0 Å². The largest absolute Gasteiger partial charge is 0.780 e. The summed E-state index contributed by atoms with van der Waals surface area (Å²) in [5, 5.41) is 0. The Morgan fingerprint density at radius 3 is 1.42 bits per heavy atom. The average Bonchev–Trinajstić information content (AvgIpc) is 3.68. The van der Waals surface area contributed by atoms with Crippen LogP contribution in [0, 0.1) is 47.3 Å². The Balaban J connectivity index is 0.000000270. The molecule has 12 nitrogen and oxygen atoms in total. The van der Waals surface area contributed by atoms with Crippen LogP contribution in [0.15, 0.2) is 0 Å². The molecule has 0 spiro atoms. The van der Waals surface area contributed by atoms with Crippen LogP contribution in [0.25, 0.3) is 0 Å². The maximum absolute atomic E-state index is 12.9. The smallest absolute Gasteiger partial charge is 0.328 e. The zero-order valence-electron chi connectivity index (χ0n) is 32.7. The molecule has 0 aromatic heterocycles. The Kier molecular flexibility index (Phi) is 17.8. The predicted octanol–water partition coefficient (Wildman–Crippen LogP) is 5.94. The summed E-state index contributed by atoms with van der Waals surface area (Å²) in [6.07, 6.45) is 1.09. The van der Waals surface area contributed by atoms with E-state index >= 15 is 0 Å². The quantitative estimate of drug-likeness (QED) is 0.172. The molecule has 18 atom stereocenters. The summed E-state index contributed by atoms with van der Waals surface area (Å²) >= 11 is 5.15. The second-order valence-corrected chi connectivity index (χ2v) is 20.1. The standard InChI is InChI=1S/C18H35O6P.C17H33O6PS/c1-11-8-15(17(21-6)12(11)2)9-22-25(7,19)24-18-13(3)14(4)23-16(18)10-20-5;1-10-7-14(16(20-6)11(10)2)8-21-24(18,25)23-17-12(3)13(4)22-15(17)9-19-5/h11-18H,8-10H2,1-7H3;10-17H,7-9H2,1-6H3,(H,18,25)/p-1. The van der Waals surface area contributed by atoms with Crippen molar-refractivity contribution in [2.24, 2.45) is 47.3 Å². The van der Waals surface area contributed by atoms with Crippen LogP contribution in [0.5, 0.6) is 0 Å². The molecule has 2 saturated heterocycles. The summed E-state index contributed by atoms with van der Waals surface area (Å²) in [5.41, 5.74) is 0. The van der Waals surface area contributed by atoms with Crippen LogP contribution >= 0.6 is 14.3 Å². The normalized spacial score (nSPS) is 44.1. The van der Waals surface area contributed by atoms with Crippen molar-refractivity contribution in [1.29, 1.82) is 0 Å². The molecule has 0 N–H and O–H groups in total. The topological polar surface area (TPSA) is 132 Å². The first-order valence-corrected chi connectivity index (χ1v) is 22.8. The lowest BCUT2D eigenvalue weighted by Crippen LogP contribution is -2.33. The molecule has 2 aliphatic carbocycles. The Labute approximate surface area is 307 Å².